The fourth-order valence-corrected chi connectivity index (χ4v) is 1.28. The molecule has 0 aromatic carbocycles. The van der Waals surface area contributed by atoms with Crippen molar-refractivity contribution in [2.24, 2.45) is 0 Å². The summed E-state index contributed by atoms with van der Waals surface area (Å²) >= 11 is 3.32. The molecule has 0 N–H and O–H groups in total. The van der Waals surface area contributed by atoms with E-state index in [-0.39, 0.29) is 0 Å². The summed E-state index contributed by atoms with van der Waals surface area (Å²) in [5, 5.41) is 0. The van der Waals surface area contributed by atoms with E-state index < -0.39 is 0 Å². The molecule has 0 unspecified atom stereocenters. The van der Waals surface area contributed by atoms with Crippen molar-refractivity contribution in [3.05, 3.63) is 28.5 Å². The van der Waals surface area contributed by atoms with Gasteiger partial charge in [-0.05, 0) is 34.1 Å². The zero-order valence-corrected chi connectivity index (χ0v) is 7.34. The molecule has 1 aliphatic heterocycles. The van der Waals surface area contributed by atoms with E-state index in [1.165, 1.54) is 0 Å². The van der Waals surface area contributed by atoms with Crippen LogP contribution in [0.5, 0.6) is 5.75 Å². The predicted molar refractivity (Wildman–Crippen MR) is 46.5 cm³/mol. The second-order valence-corrected chi connectivity index (χ2v) is 3.17. The van der Waals surface area contributed by atoms with Crippen LogP contribution >= 0.6 is 15.9 Å². The molecule has 0 spiro atoms. The minimum Gasteiger partial charge on any atom is -0.487 e. The maximum Gasteiger partial charge on any atom is 0.146 e. The van der Waals surface area contributed by atoms with E-state index in [2.05, 4.69) is 20.9 Å². The van der Waals surface area contributed by atoms with Gasteiger partial charge in [-0.1, -0.05) is 0 Å². The zero-order chi connectivity index (χ0) is 7.68. The number of pyridine rings is 1. The van der Waals surface area contributed by atoms with Crippen molar-refractivity contribution in [3.8, 4) is 5.75 Å². The van der Waals surface area contributed by atoms with Crippen molar-refractivity contribution < 1.29 is 4.74 Å². The third kappa shape index (κ3) is 1.28. The Labute approximate surface area is 73.0 Å². The lowest BCUT2D eigenvalue weighted by molar-refractivity contribution is 0.356. The summed E-state index contributed by atoms with van der Waals surface area (Å²) in [5.41, 5.74) is 0.902. The van der Waals surface area contributed by atoms with Crippen molar-refractivity contribution >= 4 is 22.0 Å². The van der Waals surface area contributed by atoms with E-state index in [1.54, 1.807) is 6.20 Å². The molecule has 56 valence electrons. The van der Waals surface area contributed by atoms with Crippen LogP contribution in [0.15, 0.2) is 22.8 Å². The molecule has 2 heterocycles. The average Bonchev–Trinajstić information content (AvgIpc) is 2.04. The van der Waals surface area contributed by atoms with Crippen LogP contribution in [0.25, 0.3) is 6.08 Å². The molecule has 1 aromatic rings. The van der Waals surface area contributed by atoms with E-state index in [0.29, 0.717) is 6.61 Å². The maximum atomic E-state index is 5.32. The molecule has 0 radical (unpaired) electrons. The van der Waals surface area contributed by atoms with Crippen LogP contribution < -0.4 is 4.74 Å². The monoisotopic (exact) mass is 211 g/mol. The van der Waals surface area contributed by atoms with E-state index in [4.69, 9.17) is 4.74 Å². The molecular weight excluding hydrogens is 206 g/mol. The van der Waals surface area contributed by atoms with Gasteiger partial charge < -0.3 is 4.74 Å². The van der Waals surface area contributed by atoms with Crippen molar-refractivity contribution in [3.63, 3.8) is 0 Å². The third-order valence-corrected chi connectivity index (χ3v) is 1.89. The molecule has 3 heteroatoms. The van der Waals surface area contributed by atoms with Crippen LogP contribution in [-0.2, 0) is 0 Å². The molecule has 0 aliphatic carbocycles. The molecule has 0 fully saturated rings. The van der Waals surface area contributed by atoms with Gasteiger partial charge in [-0.2, -0.15) is 0 Å². The normalized spacial score (nSPS) is 13.9. The standard InChI is InChI=1S/C8H6BrNO/c9-6-4-8-7(10-5-6)2-1-3-11-8/h1-2,4-5H,3H2. The van der Waals surface area contributed by atoms with Crippen LogP contribution in [0.4, 0.5) is 0 Å². The Hall–Kier alpha value is -0.830. The minimum absolute atomic E-state index is 0.644. The summed E-state index contributed by atoms with van der Waals surface area (Å²) in [6.45, 7) is 0.644. The van der Waals surface area contributed by atoms with Crippen LogP contribution in [0.2, 0.25) is 0 Å². The molecule has 0 bridgehead atoms. The van der Waals surface area contributed by atoms with E-state index in [9.17, 15) is 0 Å². The summed E-state index contributed by atoms with van der Waals surface area (Å²) in [4.78, 5) is 4.16. The summed E-state index contributed by atoms with van der Waals surface area (Å²) in [6.07, 6.45) is 5.67. The number of hydrogen-bond donors (Lipinski definition) is 0. The fraction of sp³-hybridized carbons (Fsp3) is 0.125. The van der Waals surface area contributed by atoms with Gasteiger partial charge in [-0.3, -0.25) is 4.98 Å². The van der Waals surface area contributed by atoms with Gasteiger partial charge in [0.1, 0.15) is 18.1 Å². The van der Waals surface area contributed by atoms with Gasteiger partial charge in [0.2, 0.25) is 0 Å². The van der Waals surface area contributed by atoms with Crippen LogP contribution in [0.1, 0.15) is 5.69 Å². The van der Waals surface area contributed by atoms with E-state index in [0.717, 1.165) is 15.9 Å². The molecule has 0 atom stereocenters. The summed E-state index contributed by atoms with van der Waals surface area (Å²) in [6, 6.07) is 1.92. The SMILES string of the molecule is Brc1cnc2c(c1)OCC=C2. The Kier molecular flexibility index (Phi) is 1.66. The summed E-state index contributed by atoms with van der Waals surface area (Å²) in [5.74, 6) is 0.849. The van der Waals surface area contributed by atoms with Gasteiger partial charge in [0.15, 0.2) is 0 Å². The Morgan fingerprint density at radius 3 is 3.36 bits per heavy atom. The number of nitrogens with zero attached hydrogens (tertiary/aromatic N) is 1. The Bertz CT molecular complexity index is 309. The van der Waals surface area contributed by atoms with Gasteiger partial charge >= 0.3 is 0 Å². The first-order valence-electron chi connectivity index (χ1n) is 3.31. The number of ether oxygens (including phenoxy) is 1. The highest BCUT2D eigenvalue weighted by Gasteiger charge is 2.05. The molecular formula is C8H6BrNO. The lowest BCUT2D eigenvalue weighted by Crippen LogP contribution is -2.01. The second-order valence-electron chi connectivity index (χ2n) is 2.25. The first-order chi connectivity index (χ1) is 5.36. The van der Waals surface area contributed by atoms with Crippen molar-refractivity contribution in [2.45, 2.75) is 0 Å². The van der Waals surface area contributed by atoms with Gasteiger partial charge in [0.05, 0.1) is 0 Å². The van der Waals surface area contributed by atoms with Crippen LogP contribution in [0.3, 0.4) is 0 Å². The lowest BCUT2D eigenvalue weighted by Gasteiger charge is -2.10. The Morgan fingerprint density at radius 1 is 1.55 bits per heavy atom. The lowest BCUT2D eigenvalue weighted by atomic mass is 10.3. The summed E-state index contributed by atoms with van der Waals surface area (Å²) in [7, 11) is 0. The fourth-order valence-electron chi connectivity index (χ4n) is 0.970. The number of hydrogen-bond acceptors (Lipinski definition) is 2. The number of fused-ring (bicyclic) bond motifs is 1. The Balaban J connectivity index is 2.53. The number of halogens is 1. The molecule has 11 heavy (non-hydrogen) atoms. The van der Waals surface area contributed by atoms with E-state index >= 15 is 0 Å². The molecule has 2 rings (SSSR count). The molecule has 1 aliphatic rings. The maximum absolute atomic E-state index is 5.32. The molecule has 2 nitrogen and oxygen atoms in total. The molecule has 0 saturated heterocycles. The second kappa shape index (κ2) is 2.66. The number of aromatic nitrogens is 1. The first kappa shape index (κ1) is 6.85. The minimum atomic E-state index is 0.644. The van der Waals surface area contributed by atoms with Gasteiger partial charge in [0, 0.05) is 10.7 Å². The zero-order valence-electron chi connectivity index (χ0n) is 5.75. The third-order valence-electron chi connectivity index (χ3n) is 1.46. The van der Waals surface area contributed by atoms with Crippen molar-refractivity contribution in [1.29, 1.82) is 0 Å². The topological polar surface area (TPSA) is 22.1 Å². The highest BCUT2D eigenvalue weighted by molar-refractivity contribution is 9.10. The molecule has 0 amide bonds. The van der Waals surface area contributed by atoms with Crippen molar-refractivity contribution in [2.75, 3.05) is 6.61 Å². The molecule has 0 saturated carbocycles. The average molecular weight is 212 g/mol. The summed E-state index contributed by atoms with van der Waals surface area (Å²) < 4.78 is 6.28. The highest BCUT2D eigenvalue weighted by atomic mass is 79.9. The first-order valence-corrected chi connectivity index (χ1v) is 4.10. The predicted octanol–water partition coefficient (Wildman–Crippen LogP) is 2.25. The van der Waals surface area contributed by atoms with Gasteiger partial charge in [-0.25, -0.2) is 0 Å². The highest BCUT2D eigenvalue weighted by Crippen LogP contribution is 2.24. The van der Waals surface area contributed by atoms with Crippen LogP contribution in [-0.4, -0.2) is 11.6 Å². The smallest absolute Gasteiger partial charge is 0.146 e. The largest absolute Gasteiger partial charge is 0.487 e. The number of rotatable bonds is 0. The van der Waals surface area contributed by atoms with Gasteiger partial charge in [-0.15, -0.1) is 0 Å². The van der Waals surface area contributed by atoms with Crippen LogP contribution in [0, 0.1) is 0 Å². The Morgan fingerprint density at radius 2 is 2.45 bits per heavy atom. The van der Waals surface area contributed by atoms with Gasteiger partial charge in [0.25, 0.3) is 0 Å². The van der Waals surface area contributed by atoms with Crippen molar-refractivity contribution in [1.82, 2.24) is 4.98 Å². The quantitative estimate of drug-likeness (QED) is 0.657. The van der Waals surface area contributed by atoms with E-state index in [1.807, 2.05) is 18.2 Å². The molecule has 1 aromatic heterocycles.